The smallest absolute Gasteiger partial charge is 0.327 e. The zero-order chi connectivity index (χ0) is 7.86. The van der Waals surface area contributed by atoms with Gasteiger partial charge in [0.25, 0.3) is 10.8 Å². The van der Waals surface area contributed by atoms with Gasteiger partial charge >= 0.3 is 5.97 Å². The Morgan fingerprint density at radius 2 is 1.78 bits per heavy atom. The summed E-state index contributed by atoms with van der Waals surface area (Å²) in [5.41, 5.74) is 0. The van der Waals surface area contributed by atoms with Crippen molar-refractivity contribution in [1.29, 1.82) is 0 Å². The van der Waals surface area contributed by atoms with Crippen LogP contribution in [0.15, 0.2) is 12.7 Å². The number of hydrogen-bond acceptors (Lipinski definition) is 4. The van der Waals surface area contributed by atoms with Gasteiger partial charge in [-0.3, -0.25) is 0 Å². The van der Waals surface area contributed by atoms with Crippen LogP contribution < -0.4 is 9.32 Å². The van der Waals surface area contributed by atoms with Crippen LogP contribution in [0.1, 0.15) is 0 Å². The lowest BCUT2D eigenvalue weighted by atomic mass is 10.7. The van der Waals surface area contributed by atoms with Gasteiger partial charge in [0.1, 0.15) is 0 Å². The molecule has 0 aliphatic rings. The minimum atomic E-state index is -2.60. The summed E-state index contributed by atoms with van der Waals surface area (Å²) in [6, 6.07) is 0. The molecule has 0 fully saturated rings. The largest absolute Gasteiger partial charge is 0.478 e. The Hall–Kier alpha value is -0.620. The molecule has 0 aromatic rings. The lowest BCUT2D eigenvalue weighted by molar-refractivity contribution is -1.63. The highest BCUT2D eigenvalue weighted by Gasteiger charge is 1.79. The van der Waals surface area contributed by atoms with Crippen molar-refractivity contribution >= 4 is 5.97 Å². The van der Waals surface area contributed by atoms with Gasteiger partial charge in [0.05, 0.1) is 0 Å². The number of carbonyl (C=O) groups is 1. The zero-order valence-corrected chi connectivity index (χ0v) is 5.04. The summed E-state index contributed by atoms with van der Waals surface area (Å²) in [6.45, 7) is 2.96. The number of rotatable bonds is 1. The highest BCUT2D eigenvalue weighted by atomic mass is 35.6. The van der Waals surface area contributed by atoms with E-state index in [2.05, 4.69) is 6.58 Å². The fourth-order valence-electron chi connectivity index (χ4n) is 0. The SMILES string of the molecule is C=CC(=O)O.[O-][Cl+2]([O-])O. The van der Waals surface area contributed by atoms with Crippen LogP contribution in [0.4, 0.5) is 0 Å². The van der Waals surface area contributed by atoms with Gasteiger partial charge in [-0.1, -0.05) is 6.58 Å². The van der Waals surface area contributed by atoms with Gasteiger partial charge in [-0.15, -0.1) is 0 Å². The molecule has 54 valence electrons. The number of hydrogen-bond donors (Lipinski definition) is 2. The second-order valence-corrected chi connectivity index (χ2v) is 1.15. The Labute approximate surface area is 54.3 Å². The zero-order valence-electron chi connectivity index (χ0n) is 4.28. The van der Waals surface area contributed by atoms with Crippen molar-refractivity contribution in [1.82, 2.24) is 0 Å². The summed E-state index contributed by atoms with van der Waals surface area (Å²) in [5, 5.41) is 7.60. The van der Waals surface area contributed by atoms with E-state index in [1.165, 1.54) is 0 Å². The number of carboxylic acid groups (broad SMARTS) is 1. The highest BCUT2D eigenvalue weighted by molar-refractivity contribution is 5.78. The van der Waals surface area contributed by atoms with E-state index < -0.39 is 16.8 Å². The molecule has 0 bridgehead atoms. The molecule has 0 heterocycles. The molecule has 0 saturated carbocycles. The second kappa shape index (κ2) is 7.38. The van der Waals surface area contributed by atoms with Gasteiger partial charge in [-0.2, -0.15) is 0 Å². The average molecular weight is 157 g/mol. The molecule has 0 rings (SSSR count). The van der Waals surface area contributed by atoms with Crippen LogP contribution >= 0.6 is 0 Å². The fourth-order valence-corrected chi connectivity index (χ4v) is 0. The van der Waals surface area contributed by atoms with Crippen molar-refractivity contribution in [2.24, 2.45) is 0 Å². The molecule has 0 radical (unpaired) electrons. The summed E-state index contributed by atoms with van der Waals surface area (Å²) < 4.78 is 24.0. The molecule has 0 aliphatic carbocycles. The highest BCUT2D eigenvalue weighted by Crippen LogP contribution is 1.54. The molecular weight excluding hydrogens is 151 g/mol. The second-order valence-electron chi connectivity index (χ2n) is 0.743. The first-order valence-electron chi connectivity index (χ1n) is 1.60. The molecule has 5 nitrogen and oxygen atoms in total. The van der Waals surface area contributed by atoms with Crippen molar-refractivity contribution < 1.29 is 34.7 Å². The van der Waals surface area contributed by atoms with Crippen LogP contribution in [0.3, 0.4) is 0 Å². The first-order valence-corrected chi connectivity index (χ1v) is 2.56. The van der Waals surface area contributed by atoms with Crippen LogP contribution in [0, 0.1) is 10.8 Å². The van der Waals surface area contributed by atoms with E-state index in [9.17, 15) is 4.79 Å². The van der Waals surface area contributed by atoms with E-state index in [-0.39, 0.29) is 0 Å². The minimum absolute atomic E-state index is 0.833. The Morgan fingerprint density at radius 1 is 1.67 bits per heavy atom. The fraction of sp³-hybridized carbons (Fsp3) is 0. The molecular formula is C3H5ClO5. The van der Waals surface area contributed by atoms with Crippen LogP contribution in [-0.2, 0) is 4.79 Å². The predicted octanol–water partition coefficient (Wildman–Crippen LogP) is -2.68. The first kappa shape index (κ1) is 11.2. The standard InChI is InChI=1S/C3H4O2.ClHO3/c1-2-3(4)5;2-1(3)4/h2H,1H2,(H,4,5);2H. The quantitative estimate of drug-likeness (QED) is 0.403. The van der Waals surface area contributed by atoms with Crippen molar-refractivity contribution in [2.75, 3.05) is 0 Å². The van der Waals surface area contributed by atoms with E-state index in [0.29, 0.717) is 0 Å². The van der Waals surface area contributed by atoms with Gasteiger partial charge < -0.3 is 14.4 Å². The summed E-state index contributed by atoms with van der Waals surface area (Å²) >= 11 is 0. The Morgan fingerprint density at radius 3 is 1.78 bits per heavy atom. The maximum Gasteiger partial charge on any atom is 0.327 e. The topological polar surface area (TPSA) is 104 Å². The van der Waals surface area contributed by atoms with Gasteiger partial charge in [0.15, 0.2) is 0 Å². The van der Waals surface area contributed by atoms with Crippen molar-refractivity contribution in [2.45, 2.75) is 0 Å². The normalized spacial score (nSPS) is 7.56. The molecule has 9 heavy (non-hydrogen) atoms. The summed E-state index contributed by atoms with van der Waals surface area (Å²) in [7, 11) is -2.60. The number of aliphatic carboxylic acids is 1. The molecule has 0 saturated heterocycles. The van der Waals surface area contributed by atoms with Crippen LogP contribution in [0.25, 0.3) is 0 Å². The third-order valence-electron chi connectivity index (χ3n) is 0.175. The van der Waals surface area contributed by atoms with E-state index in [4.69, 9.17) is 19.1 Å². The third kappa shape index (κ3) is 112. The van der Waals surface area contributed by atoms with Crippen LogP contribution in [0.5, 0.6) is 0 Å². The van der Waals surface area contributed by atoms with Gasteiger partial charge in [-0.25, -0.2) is 4.79 Å². The van der Waals surface area contributed by atoms with Crippen molar-refractivity contribution in [3.63, 3.8) is 0 Å². The van der Waals surface area contributed by atoms with E-state index >= 15 is 0 Å². The predicted molar refractivity (Wildman–Crippen MR) is 20.1 cm³/mol. The molecule has 6 heteroatoms. The Bertz CT molecular complexity index is 87.4. The third-order valence-corrected chi connectivity index (χ3v) is 0.175. The van der Waals surface area contributed by atoms with Gasteiger partial charge in [0, 0.05) is 10.7 Å². The molecule has 0 amide bonds. The van der Waals surface area contributed by atoms with Gasteiger partial charge in [0.2, 0.25) is 0 Å². The Kier molecular flexibility index (Phi) is 9.19. The molecule has 0 unspecified atom stereocenters. The van der Waals surface area contributed by atoms with E-state index in [1.807, 2.05) is 0 Å². The monoisotopic (exact) mass is 156 g/mol. The lowest BCUT2D eigenvalue weighted by Gasteiger charge is -1.72. The minimum Gasteiger partial charge on any atom is -0.478 e. The van der Waals surface area contributed by atoms with Crippen molar-refractivity contribution in [3.8, 4) is 0 Å². The summed E-state index contributed by atoms with van der Waals surface area (Å²) in [6.07, 6.45) is 0.833. The van der Waals surface area contributed by atoms with E-state index in [1.54, 1.807) is 0 Å². The Balaban J connectivity index is 0. The molecule has 0 aromatic heterocycles. The molecule has 0 aromatic carbocycles. The average Bonchev–Trinajstić information content (AvgIpc) is 1.65. The van der Waals surface area contributed by atoms with Crippen molar-refractivity contribution in [3.05, 3.63) is 12.7 Å². The van der Waals surface area contributed by atoms with Crippen LogP contribution in [-0.4, -0.2) is 15.7 Å². The van der Waals surface area contributed by atoms with Gasteiger partial charge in [-0.05, 0) is 0 Å². The maximum atomic E-state index is 9.25. The van der Waals surface area contributed by atoms with Crippen LogP contribution in [0.2, 0.25) is 0 Å². The maximum absolute atomic E-state index is 9.25. The summed E-state index contributed by atoms with van der Waals surface area (Å²) in [5.74, 6) is -0.981. The first-order chi connectivity index (χ1) is 4.00. The molecule has 0 spiro atoms. The lowest BCUT2D eigenvalue weighted by Crippen LogP contribution is -2.30. The number of halogens is 1. The molecule has 0 atom stereocenters. The van der Waals surface area contributed by atoms with E-state index in [0.717, 1.165) is 6.08 Å². The summed E-state index contributed by atoms with van der Waals surface area (Å²) in [4.78, 5) is 9.25. The molecule has 2 N–H and O–H groups in total. The molecule has 0 aliphatic heterocycles. The number of carboxylic acids is 1.